The molecule has 2 aromatic heterocycles. The van der Waals surface area contributed by atoms with Gasteiger partial charge in [0.05, 0.1) is 12.4 Å². The SMILES string of the molecule is CC(C)(C)OC(=O)NCCSc1cncc(SC2=C(C(=O)O)N3C(=O)[C@@H](NC(=O)/C(=N\OC(c4ccccc4)(c4ccccc4)c4ccccc4)c4cccc(NC(=O)OC(C)(C)C)n4)[C@@H]3SC2)n1. The number of carbonyl (C=O) groups is 5. The van der Waals surface area contributed by atoms with E-state index in [-0.39, 0.29) is 28.7 Å². The molecule has 0 unspecified atom stereocenters. The number of oxime groups is 1. The largest absolute Gasteiger partial charge is 0.477 e. The van der Waals surface area contributed by atoms with Gasteiger partial charge in [0.25, 0.3) is 11.8 Å². The van der Waals surface area contributed by atoms with Gasteiger partial charge in [0, 0.05) is 39.6 Å². The maximum Gasteiger partial charge on any atom is 0.413 e. The quantitative estimate of drug-likeness (QED) is 0.0183. The molecule has 20 heteroatoms. The van der Waals surface area contributed by atoms with E-state index < -0.39 is 58.2 Å². The Morgan fingerprint density at radius 2 is 1.36 bits per heavy atom. The highest BCUT2D eigenvalue weighted by Gasteiger charge is 2.55. The van der Waals surface area contributed by atoms with Crippen molar-refractivity contribution in [2.24, 2.45) is 5.16 Å². The van der Waals surface area contributed by atoms with Crippen molar-refractivity contribution in [3.63, 3.8) is 0 Å². The lowest BCUT2D eigenvalue weighted by atomic mass is 9.80. The Morgan fingerprint density at radius 1 is 0.783 bits per heavy atom. The van der Waals surface area contributed by atoms with Gasteiger partial charge >= 0.3 is 18.2 Å². The Balaban J connectivity index is 1.16. The third-order valence-corrected chi connectivity index (χ3v) is 13.3. The average molecular weight is 991 g/mol. The Morgan fingerprint density at radius 3 is 1.94 bits per heavy atom. The second kappa shape index (κ2) is 21.6. The van der Waals surface area contributed by atoms with Gasteiger partial charge in [0.2, 0.25) is 5.60 Å². The van der Waals surface area contributed by atoms with Crippen molar-refractivity contribution < 1.29 is 43.4 Å². The number of nitrogens with zero attached hydrogens (tertiary/aromatic N) is 5. The zero-order valence-electron chi connectivity index (χ0n) is 38.5. The number of carbonyl (C=O) groups excluding carboxylic acids is 4. The number of pyridine rings is 1. The van der Waals surface area contributed by atoms with E-state index in [2.05, 4.69) is 36.1 Å². The molecular formula is C49H50N8O9S3. The van der Waals surface area contributed by atoms with Crippen LogP contribution in [0.2, 0.25) is 0 Å². The number of ether oxygens (including phenoxy) is 2. The molecule has 2 aliphatic heterocycles. The molecule has 4 amide bonds. The summed E-state index contributed by atoms with van der Waals surface area (Å²) in [5.74, 6) is -2.17. The number of fused-ring (bicyclic) bond motifs is 1. The number of amides is 4. The molecular weight excluding hydrogens is 941 g/mol. The Kier molecular flexibility index (Phi) is 15.6. The van der Waals surface area contributed by atoms with Gasteiger partial charge in [-0.25, -0.2) is 24.4 Å². The molecule has 0 radical (unpaired) electrons. The normalized spacial score (nSPS) is 16.1. The fraction of sp³-hybridized carbons (Fsp3) is 0.286. The zero-order valence-corrected chi connectivity index (χ0v) is 40.9. The molecule has 2 atom stereocenters. The summed E-state index contributed by atoms with van der Waals surface area (Å²) in [5.41, 5.74) is -1.39. The van der Waals surface area contributed by atoms with Crippen LogP contribution in [0.25, 0.3) is 0 Å². The minimum absolute atomic E-state index is 0.0188. The van der Waals surface area contributed by atoms with Gasteiger partial charge in [0.15, 0.2) is 5.71 Å². The first-order chi connectivity index (χ1) is 32.9. The van der Waals surface area contributed by atoms with Crippen LogP contribution in [-0.2, 0) is 34.3 Å². The first-order valence-electron chi connectivity index (χ1n) is 21.6. The van der Waals surface area contributed by atoms with Crippen LogP contribution in [0, 0.1) is 0 Å². The highest BCUT2D eigenvalue weighted by Crippen LogP contribution is 2.45. The van der Waals surface area contributed by atoms with E-state index in [4.69, 9.17) is 14.3 Å². The Labute approximate surface area is 411 Å². The van der Waals surface area contributed by atoms with Crippen LogP contribution in [0.5, 0.6) is 0 Å². The second-order valence-electron chi connectivity index (χ2n) is 17.4. The standard InChI is InChI=1S/C49H50N8O9S3/c1-47(2,3)64-45(62)51-25-26-67-36-27-50-28-37(54-36)69-34-29-68-43-39(42(59)57(43)40(34)44(60)61)55-41(58)38(33-23-16-24-35(52-33)53-46(63)65-48(4,5)6)56-66-49(30-17-10-7-11-18-30,31-19-12-8-13-20-31)32-21-14-9-15-22-32/h7-24,27-28,39,43H,25-26,29H2,1-6H3,(H,51,62)(H,55,58)(H,60,61)(H,52,53,63)/b56-38-/t39-,43+/m1/s1. The summed E-state index contributed by atoms with van der Waals surface area (Å²) < 4.78 is 10.7. The van der Waals surface area contributed by atoms with Crippen molar-refractivity contribution in [3.05, 3.63) is 155 Å². The molecule has 17 nitrogen and oxygen atoms in total. The number of nitrogens with one attached hydrogen (secondary N) is 3. The summed E-state index contributed by atoms with van der Waals surface area (Å²) in [6, 6.07) is 31.5. The minimum Gasteiger partial charge on any atom is -0.477 e. The predicted molar refractivity (Wildman–Crippen MR) is 263 cm³/mol. The van der Waals surface area contributed by atoms with Crippen molar-refractivity contribution in [2.75, 3.05) is 23.4 Å². The number of rotatable bonds is 16. The summed E-state index contributed by atoms with van der Waals surface area (Å²) in [6.45, 7) is 10.8. The molecule has 0 spiro atoms. The first-order valence-corrected chi connectivity index (χ1v) is 24.5. The van der Waals surface area contributed by atoms with Crippen LogP contribution in [0.15, 0.2) is 147 Å². The van der Waals surface area contributed by atoms with Gasteiger partial charge in [-0.05, 0) is 53.7 Å². The molecule has 4 heterocycles. The van der Waals surface area contributed by atoms with E-state index in [0.717, 1.165) is 16.7 Å². The van der Waals surface area contributed by atoms with Crippen LogP contribution in [0.4, 0.5) is 15.4 Å². The first kappa shape index (κ1) is 50.0. The number of hydrogen-bond acceptors (Lipinski definition) is 15. The number of thioether (sulfide) groups is 3. The van der Waals surface area contributed by atoms with E-state index in [1.165, 1.54) is 41.9 Å². The van der Waals surface area contributed by atoms with Crippen molar-refractivity contribution in [2.45, 2.75) is 79.8 Å². The predicted octanol–water partition coefficient (Wildman–Crippen LogP) is 8.04. The van der Waals surface area contributed by atoms with Gasteiger partial charge in [0.1, 0.15) is 49.9 Å². The number of aliphatic carboxylic acids is 1. The molecule has 0 aliphatic carbocycles. The van der Waals surface area contributed by atoms with Gasteiger partial charge in [-0.2, -0.15) is 0 Å². The van der Waals surface area contributed by atoms with E-state index in [9.17, 15) is 29.1 Å². The zero-order chi connectivity index (χ0) is 49.3. The van der Waals surface area contributed by atoms with Crippen molar-refractivity contribution in [1.29, 1.82) is 0 Å². The van der Waals surface area contributed by atoms with E-state index in [1.54, 1.807) is 53.8 Å². The van der Waals surface area contributed by atoms with Gasteiger partial charge in [-0.15, -0.1) is 23.5 Å². The Bertz CT molecular complexity index is 2660. The summed E-state index contributed by atoms with van der Waals surface area (Å²) in [4.78, 5) is 88.2. The third-order valence-electron chi connectivity index (χ3n) is 9.91. The van der Waals surface area contributed by atoms with Crippen molar-refractivity contribution in [3.8, 4) is 0 Å². The highest BCUT2D eigenvalue weighted by molar-refractivity contribution is 8.06. The topological polar surface area (TPSA) is 224 Å². The molecule has 69 heavy (non-hydrogen) atoms. The molecule has 1 saturated heterocycles. The van der Waals surface area contributed by atoms with Gasteiger partial charge in [-0.1, -0.05) is 114 Å². The minimum atomic E-state index is -1.42. The maximum atomic E-state index is 14.7. The van der Waals surface area contributed by atoms with Gasteiger partial charge in [-0.3, -0.25) is 24.8 Å². The molecule has 0 saturated carbocycles. The fourth-order valence-corrected chi connectivity index (χ4v) is 10.3. The number of anilines is 1. The van der Waals surface area contributed by atoms with E-state index in [0.29, 0.717) is 43.9 Å². The molecule has 0 bridgehead atoms. The number of hydrogen-bond donors (Lipinski definition) is 4. The van der Waals surface area contributed by atoms with E-state index in [1.807, 2.05) is 91.0 Å². The van der Waals surface area contributed by atoms with E-state index >= 15 is 0 Å². The maximum absolute atomic E-state index is 14.7. The van der Waals surface area contributed by atoms with Crippen LogP contribution >= 0.6 is 35.3 Å². The van der Waals surface area contributed by atoms with Crippen LogP contribution < -0.4 is 16.0 Å². The number of aromatic nitrogens is 3. The molecule has 5 aromatic rings. The summed E-state index contributed by atoms with van der Waals surface area (Å²) in [6.07, 6.45) is 1.74. The second-order valence-corrected chi connectivity index (χ2v) is 20.7. The lowest BCUT2D eigenvalue weighted by Crippen LogP contribution is -2.71. The molecule has 2 aliphatic rings. The molecule has 4 N–H and O–H groups in total. The summed E-state index contributed by atoms with van der Waals surface area (Å²) in [7, 11) is 0. The number of carboxylic acid groups (broad SMARTS) is 1. The lowest BCUT2D eigenvalue weighted by molar-refractivity contribution is -0.150. The van der Waals surface area contributed by atoms with Crippen molar-refractivity contribution >= 4 is 76.8 Å². The monoisotopic (exact) mass is 990 g/mol. The summed E-state index contributed by atoms with van der Waals surface area (Å²) in [5, 5.41) is 23.3. The summed E-state index contributed by atoms with van der Waals surface area (Å²) >= 11 is 3.68. The molecule has 3 aromatic carbocycles. The average Bonchev–Trinajstić information content (AvgIpc) is 3.30. The lowest BCUT2D eigenvalue weighted by Gasteiger charge is -2.49. The third kappa shape index (κ3) is 12.4. The molecule has 7 rings (SSSR count). The Hall–Kier alpha value is -6.90. The number of β-lactam (4-membered cyclic amide) rings is 1. The number of alkyl carbamates (subject to hydrolysis) is 1. The molecule has 358 valence electrons. The van der Waals surface area contributed by atoms with Crippen LogP contribution in [-0.4, -0.2) is 101 Å². The fourth-order valence-electron chi connectivity index (χ4n) is 7.12. The highest BCUT2D eigenvalue weighted by atomic mass is 32.2. The van der Waals surface area contributed by atoms with Crippen LogP contribution in [0.3, 0.4) is 0 Å². The number of benzene rings is 3. The molecule has 1 fully saturated rings. The smallest absolute Gasteiger partial charge is 0.413 e. The number of carboxylic acids is 1. The van der Waals surface area contributed by atoms with Gasteiger partial charge < -0.3 is 30.1 Å². The van der Waals surface area contributed by atoms with Crippen LogP contribution in [0.1, 0.15) is 63.9 Å². The van der Waals surface area contributed by atoms with Crippen molar-refractivity contribution in [1.82, 2.24) is 30.5 Å².